The number of guanidine groups is 1. The van der Waals surface area contributed by atoms with Gasteiger partial charge in [-0.05, 0) is 36.6 Å². The average Bonchev–Trinajstić information content (AvgIpc) is 2.76. The third-order valence-electron chi connectivity index (χ3n) is 5.47. The molecule has 0 aliphatic carbocycles. The summed E-state index contributed by atoms with van der Waals surface area (Å²) in [7, 11) is 0. The van der Waals surface area contributed by atoms with Crippen molar-refractivity contribution in [2.45, 2.75) is 52.4 Å². The molecule has 0 saturated carbocycles. The van der Waals surface area contributed by atoms with E-state index >= 15 is 0 Å². The summed E-state index contributed by atoms with van der Waals surface area (Å²) in [6, 6.07) is 5.31. The van der Waals surface area contributed by atoms with Crippen molar-refractivity contribution in [2.75, 3.05) is 13.1 Å². The molecule has 2 heterocycles. The number of amides is 2. The average molecular weight is 413 g/mol. The number of carbonyl (C=O) groups excluding carboxylic acids is 2. The van der Waals surface area contributed by atoms with Crippen LogP contribution in [0.2, 0.25) is 0 Å². The van der Waals surface area contributed by atoms with Crippen molar-refractivity contribution >= 4 is 23.5 Å². The molecule has 160 valence electrons. The van der Waals surface area contributed by atoms with Gasteiger partial charge >= 0.3 is 0 Å². The largest absolute Gasteiger partial charge is 0.318 e. The Balaban J connectivity index is 1.54. The highest BCUT2D eigenvalue weighted by molar-refractivity contribution is 6.14. The summed E-state index contributed by atoms with van der Waals surface area (Å²) in [6.45, 7) is 5.35. The second-order valence-electron chi connectivity index (χ2n) is 7.94. The summed E-state index contributed by atoms with van der Waals surface area (Å²) in [5.74, 6) is 0.184. The van der Waals surface area contributed by atoms with Crippen LogP contribution in [0.5, 0.6) is 0 Å². The molecule has 2 aliphatic rings. The van der Waals surface area contributed by atoms with Crippen molar-refractivity contribution < 1.29 is 14.0 Å². The second-order valence-corrected chi connectivity index (χ2v) is 7.94. The number of rotatable bonds is 7. The Labute approximate surface area is 177 Å². The third kappa shape index (κ3) is 5.84. The van der Waals surface area contributed by atoms with E-state index in [1.54, 1.807) is 4.90 Å². The fourth-order valence-electron chi connectivity index (χ4n) is 3.55. The minimum atomic E-state index is -0.395. The fourth-order valence-corrected chi connectivity index (χ4v) is 3.55. The van der Waals surface area contributed by atoms with Gasteiger partial charge in [-0.15, -0.1) is 0 Å². The maximum Gasteiger partial charge on any atom is 0.258 e. The molecule has 0 aromatic heterocycles. The molecule has 3 rings (SSSR count). The van der Waals surface area contributed by atoms with Crippen LogP contribution in [0.3, 0.4) is 0 Å². The Morgan fingerprint density at radius 1 is 1.23 bits per heavy atom. The van der Waals surface area contributed by atoms with Gasteiger partial charge in [-0.2, -0.15) is 0 Å². The van der Waals surface area contributed by atoms with Gasteiger partial charge in [0, 0.05) is 36.7 Å². The van der Waals surface area contributed by atoms with Crippen molar-refractivity contribution in [3.63, 3.8) is 0 Å². The van der Waals surface area contributed by atoms with Gasteiger partial charge < -0.3 is 4.90 Å². The number of hydrogen-bond donors (Lipinski definition) is 1. The molecule has 1 N–H and O–H groups in total. The van der Waals surface area contributed by atoms with Crippen molar-refractivity contribution in [3.05, 3.63) is 47.4 Å². The quantitative estimate of drug-likeness (QED) is 0.733. The minimum absolute atomic E-state index is 0.143. The van der Waals surface area contributed by atoms with E-state index in [0.717, 1.165) is 17.7 Å². The Morgan fingerprint density at radius 3 is 2.73 bits per heavy atom. The Kier molecular flexibility index (Phi) is 7.49. The lowest BCUT2D eigenvalue weighted by Gasteiger charge is -2.28. The van der Waals surface area contributed by atoms with Gasteiger partial charge in [0.2, 0.25) is 11.9 Å². The lowest BCUT2D eigenvalue weighted by Crippen LogP contribution is -2.37. The zero-order chi connectivity index (χ0) is 21.5. The fraction of sp³-hybridized carbons (Fsp3) is 0.478. The van der Waals surface area contributed by atoms with Crippen LogP contribution < -0.4 is 5.32 Å². The van der Waals surface area contributed by atoms with Crippen LogP contribution in [-0.4, -0.2) is 41.5 Å². The molecule has 1 unspecified atom stereocenters. The van der Waals surface area contributed by atoms with Gasteiger partial charge in [-0.25, -0.2) is 14.4 Å². The molecular weight excluding hydrogens is 383 g/mol. The van der Waals surface area contributed by atoms with Crippen molar-refractivity contribution in [1.82, 2.24) is 10.2 Å². The van der Waals surface area contributed by atoms with Crippen molar-refractivity contribution in [2.24, 2.45) is 15.9 Å². The molecule has 0 saturated heterocycles. The number of benzene rings is 1. The SMILES string of the molecule is CCCCC(C)CCC(=O)N1C=C2CN=C(NC(=O)c3ccc(F)cc3)N=C2CC1. The predicted molar refractivity (Wildman–Crippen MR) is 116 cm³/mol. The van der Waals surface area contributed by atoms with Crippen LogP contribution in [0.4, 0.5) is 4.39 Å². The number of unbranched alkanes of at least 4 members (excludes halogenated alkanes) is 1. The number of aliphatic imine (C=N–C) groups is 2. The summed E-state index contributed by atoms with van der Waals surface area (Å²) in [5.41, 5.74) is 2.10. The molecule has 0 radical (unpaired) electrons. The van der Waals surface area contributed by atoms with Crippen LogP contribution in [0.25, 0.3) is 0 Å². The van der Waals surface area contributed by atoms with Gasteiger partial charge in [-0.1, -0.05) is 33.1 Å². The number of fused-ring (bicyclic) bond motifs is 1. The van der Waals surface area contributed by atoms with E-state index in [9.17, 15) is 14.0 Å². The molecule has 0 fully saturated rings. The Hall–Kier alpha value is -2.83. The first-order valence-electron chi connectivity index (χ1n) is 10.7. The predicted octanol–water partition coefficient (Wildman–Crippen LogP) is 4.09. The minimum Gasteiger partial charge on any atom is -0.318 e. The lowest BCUT2D eigenvalue weighted by molar-refractivity contribution is -0.129. The molecule has 0 spiro atoms. The molecular formula is C23H29FN4O2. The maximum absolute atomic E-state index is 13.0. The van der Waals surface area contributed by atoms with Crippen LogP contribution in [-0.2, 0) is 4.79 Å². The van der Waals surface area contributed by atoms with Gasteiger partial charge in [0.15, 0.2) is 0 Å². The summed E-state index contributed by atoms with van der Waals surface area (Å²) in [4.78, 5) is 35.4. The van der Waals surface area contributed by atoms with E-state index in [1.807, 2.05) is 6.20 Å². The summed E-state index contributed by atoms with van der Waals surface area (Å²) in [6.07, 6.45) is 7.52. The monoisotopic (exact) mass is 412 g/mol. The van der Waals surface area contributed by atoms with Gasteiger partial charge in [0.05, 0.1) is 12.3 Å². The molecule has 2 amide bonds. The molecule has 1 aromatic carbocycles. The van der Waals surface area contributed by atoms with Crippen LogP contribution >= 0.6 is 0 Å². The van der Waals surface area contributed by atoms with E-state index in [4.69, 9.17) is 0 Å². The summed E-state index contributed by atoms with van der Waals surface area (Å²) in [5, 5.41) is 2.66. The Morgan fingerprint density at radius 2 is 2.00 bits per heavy atom. The van der Waals surface area contributed by atoms with Crippen LogP contribution in [0.15, 0.2) is 46.0 Å². The zero-order valence-electron chi connectivity index (χ0n) is 17.7. The summed E-state index contributed by atoms with van der Waals surface area (Å²) >= 11 is 0. The molecule has 1 atom stereocenters. The highest BCUT2D eigenvalue weighted by atomic mass is 19.1. The Bertz CT molecular complexity index is 874. The third-order valence-corrected chi connectivity index (χ3v) is 5.47. The smallest absolute Gasteiger partial charge is 0.258 e. The standard InChI is InChI=1S/C23H29FN4O2/c1-3-4-5-16(2)6-11-21(29)28-13-12-20-18(15-28)14-25-23(26-20)27-22(30)17-7-9-19(24)10-8-17/h7-10,15-16H,3-6,11-14H2,1-2H3,(H,25,27,30). The van der Waals surface area contributed by atoms with Crippen LogP contribution in [0, 0.1) is 11.7 Å². The second kappa shape index (κ2) is 10.3. The number of hydrogen-bond acceptors (Lipinski definition) is 4. The highest BCUT2D eigenvalue weighted by Gasteiger charge is 2.24. The van der Waals surface area contributed by atoms with Crippen molar-refractivity contribution in [3.8, 4) is 0 Å². The first-order chi connectivity index (χ1) is 14.5. The van der Waals surface area contributed by atoms with E-state index in [-0.39, 0.29) is 17.8 Å². The first-order valence-corrected chi connectivity index (χ1v) is 10.7. The van der Waals surface area contributed by atoms with E-state index in [1.165, 1.54) is 43.5 Å². The molecule has 0 bridgehead atoms. The molecule has 2 aliphatic heterocycles. The molecule has 30 heavy (non-hydrogen) atoms. The van der Waals surface area contributed by atoms with Crippen molar-refractivity contribution in [1.29, 1.82) is 0 Å². The number of nitrogens with zero attached hydrogens (tertiary/aromatic N) is 3. The van der Waals surface area contributed by atoms with E-state index in [0.29, 0.717) is 37.4 Å². The number of nitrogens with one attached hydrogen (secondary N) is 1. The molecule has 6 nitrogen and oxygen atoms in total. The van der Waals surface area contributed by atoms with Gasteiger partial charge in [-0.3, -0.25) is 14.9 Å². The molecule has 7 heteroatoms. The van der Waals surface area contributed by atoms with E-state index in [2.05, 4.69) is 29.1 Å². The van der Waals surface area contributed by atoms with Gasteiger partial charge in [0.25, 0.3) is 5.91 Å². The van der Waals surface area contributed by atoms with E-state index < -0.39 is 5.82 Å². The van der Waals surface area contributed by atoms with Crippen LogP contribution in [0.1, 0.15) is 62.7 Å². The normalized spacial score (nSPS) is 16.8. The zero-order valence-corrected chi connectivity index (χ0v) is 17.7. The summed E-state index contributed by atoms with van der Waals surface area (Å²) < 4.78 is 13.0. The van der Waals surface area contributed by atoms with Gasteiger partial charge in [0.1, 0.15) is 5.82 Å². The number of halogens is 1. The lowest BCUT2D eigenvalue weighted by atomic mass is 9.98. The highest BCUT2D eigenvalue weighted by Crippen LogP contribution is 2.20. The molecule has 1 aromatic rings. The maximum atomic E-state index is 13.0. The first kappa shape index (κ1) is 21.9. The topological polar surface area (TPSA) is 74.1 Å². The number of carbonyl (C=O) groups is 2.